The Bertz CT molecular complexity index is 1030. The van der Waals surface area contributed by atoms with E-state index in [1.165, 1.54) is 17.7 Å². The lowest BCUT2D eigenvalue weighted by atomic mass is 9.97. The summed E-state index contributed by atoms with van der Waals surface area (Å²) in [7, 11) is -2.11. The van der Waals surface area contributed by atoms with E-state index in [2.05, 4.69) is 15.3 Å². The summed E-state index contributed by atoms with van der Waals surface area (Å²) in [5, 5.41) is 3.14. The molecular weight excluding hydrogens is 432 g/mol. The third kappa shape index (κ3) is 4.94. The molecule has 10 nitrogen and oxygen atoms in total. The summed E-state index contributed by atoms with van der Waals surface area (Å²) in [6.45, 7) is 5.72. The maximum Gasteiger partial charge on any atom is 0.308 e. The number of nitrogens with zero attached hydrogens (tertiary/aromatic N) is 4. The first kappa shape index (κ1) is 23.7. The quantitative estimate of drug-likeness (QED) is 0.567. The SMILES string of the molecule is CCN(CC)S(=O)(=O)c1ccc(Nc2ncnc(N3CCC(C(=O)OC)CC3)c2N)cc1. The van der Waals surface area contributed by atoms with Crippen LogP contribution in [-0.2, 0) is 19.6 Å². The fourth-order valence-electron chi connectivity index (χ4n) is 3.79. The van der Waals surface area contributed by atoms with Crippen LogP contribution in [-0.4, -0.2) is 61.9 Å². The molecule has 3 N–H and O–H groups in total. The molecule has 1 aromatic heterocycles. The number of piperidine rings is 1. The number of benzene rings is 1. The third-order valence-corrected chi connectivity index (χ3v) is 7.72. The van der Waals surface area contributed by atoms with E-state index in [1.807, 2.05) is 18.7 Å². The van der Waals surface area contributed by atoms with Gasteiger partial charge in [-0.3, -0.25) is 4.79 Å². The van der Waals surface area contributed by atoms with Crippen molar-refractivity contribution in [3.8, 4) is 0 Å². The number of hydrogen-bond acceptors (Lipinski definition) is 9. The molecule has 1 aromatic carbocycles. The maximum atomic E-state index is 12.7. The van der Waals surface area contributed by atoms with Crippen LogP contribution in [0.1, 0.15) is 26.7 Å². The van der Waals surface area contributed by atoms with Gasteiger partial charge in [-0.15, -0.1) is 0 Å². The lowest BCUT2D eigenvalue weighted by Gasteiger charge is -2.32. The van der Waals surface area contributed by atoms with Gasteiger partial charge in [0.05, 0.1) is 17.9 Å². The van der Waals surface area contributed by atoms with Crippen molar-refractivity contribution in [2.24, 2.45) is 5.92 Å². The second-order valence-corrected chi connectivity index (χ2v) is 9.42. The summed E-state index contributed by atoms with van der Waals surface area (Å²) in [4.78, 5) is 22.6. The molecule has 174 valence electrons. The van der Waals surface area contributed by atoms with Gasteiger partial charge in [0.15, 0.2) is 11.6 Å². The predicted molar refractivity (Wildman–Crippen MR) is 123 cm³/mol. The molecule has 1 fully saturated rings. The standard InChI is InChI=1S/C21H30N6O4S/c1-4-27(5-2)32(29,30)17-8-6-16(7-9-17)25-19-18(22)20(24-14-23-19)26-12-10-15(11-13-26)21(28)31-3/h6-9,14-15H,4-5,10-13,22H2,1-3H3,(H,23,24,25). The fourth-order valence-corrected chi connectivity index (χ4v) is 5.25. The molecule has 0 spiro atoms. The number of nitrogen functional groups attached to an aromatic ring is 1. The average Bonchev–Trinajstić information content (AvgIpc) is 2.81. The molecule has 2 heterocycles. The number of nitrogens with one attached hydrogen (secondary N) is 1. The van der Waals surface area contributed by atoms with Gasteiger partial charge in [-0.1, -0.05) is 13.8 Å². The van der Waals surface area contributed by atoms with Crippen molar-refractivity contribution in [3.63, 3.8) is 0 Å². The molecule has 3 rings (SSSR count). The summed E-state index contributed by atoms with van der Waals surface area (Å²) < 4.78 is 31.6. The molecule has 0 aliphatic carbocycles. The van der Waals surface area contributed by atoms with Crippen LogP contribution < -0.4 is 16.0 Å². The molecule has 0 atom stereocenters. The van der Waals surface area contributed by atoms with Crippen LogP contribution in [0.4, 0.5) is 23.0 Å². The van der Waals surface area contributed by atoms with Crippen molar-refractivity contribution in [2.45, 2.75) is 31.6 Å². The van der Waals surface area contributed by atoms with Crippen molar-refractivity contribution < 1.29 is 17.9 Å². The first-order valence-electron chi connectivity index (χ1n) is 10.6. The Morgan fingerprint density at radius 3 is 2.38 bits per heavy atom. The number of carbonyl (C=O) groups excluding carboxylic acids is 1. The minimum Gasteiger partial charge on any atom is -0.469 e. The van der Waals surface area contributed by atoms with Crippen molar-refractivity contribution in [1.82, 2.24) is 14.3 Å². The monoisotopic (exact) mass is 462 g/mol. The van der Waals surface area contributed by atoms with Crippen molar-refractivity contribution in [3.05, 3.63) is 30.6 Å². The first-order valence-corrected chi connectivity index (χ1v) is 12.1. The fraction of sp³-hybridized carbons (Fsp3) is 0.476. The zero-order valence-electron chi connectivity index (χ0n) is 18.6. The lowest BCUT2D eigenvalue weighted by molar-refractivity contribution is -0.146. The van der Waals surface area contributed by atoms with Crippen molar-refractivity contribution in [1.29, 1.82) is 0 Å². The van der Waals surface area contributed by atoms with Crippen LogP contribution >= 0.6 is 0 Å². The highest BCUT2D eigenvalue weighted by molar-refractivity contribution is 7.89. The molecule has 1 aliphatic heterocycles. The van der Waals surface area contributed by atoms with E-state index in [1.54, 1.807) is 24.3 Å². The van der Waals surface area contributed by atoms with Crippen LogP contribution in [0.25, 0.3) is 0 Å². The van der Waals surface area contributed by atoms with Gasteiger partial charge in [0.1, 0.15) is 12.0 Å². The van der Waals surface area contributed by atoms with Gasteiger partial charge in [0, 0.05) is 31.9 Å². The van der Waals surface area contributed by atoms with Gasteiger partial charge in [0.25, 0.3) is 0 Å². The minimum absolute atomic E-state index is 0.108. The van der Waals surface area contributed by atoms with E-state index >= 15 is 0 Å². The van der Waals surface area contributed by atoms with Crippen LogP contribution in [0, 0.1) is 5.92 Å². The molecule has 1 saturated heterocycles. The normalized spacial score (nSPS) is 15.1. The molecule has 2 aromatic rings. The average molecular weight is 463 g/mol. The highest BCUT2D eigenvalue weighted by Crippen LogP contribution is 2.31. The highest BCUT2D eigenvalue weighted by atomic mass is 32.2. The Labute approximate surface area is 188 Å². The summed E-state index contributed by atoms with van der Waals surface area (Å²) in [6.07, 6.45) is 2.77. The summed E-state index contributed by atoms with van der Waals surface area (Å²) >= 11 is 0. The Hall–Kier alpha value is -2.92. The van der Waals surface area contributed by atoms with E-state index in [-0.39, 0.29) is 16.8 Å². The minimum atomic E-state index is -3.52. The Morgan fingerprint density at radius 1 is 1.19 bits per heavy atom. The summed E-state index contributed by atoms with van der Waals surface area (Å²) in [5.74, 6) is 0.744. The summed E-state index contributed by atoms with van der Waals surface area (Å²) in [5.41, 5.74) is 7.38. The van der Waals surface area contributed by atoms with E-state index < -0.39 is 10.0 Å². The van der Waals surface area contributed by atoms with Gasteiger partial charge >= 0.3 is 5.97 Å². The number of anilines is 4. The van der Waals surface area contributed by atoms with E-state index in [9.17, 15) is 13.2 Å². The number of nitrogens with two attached hydrogens (primary N) is 1. The first-order chi connectivity index (χ1) is 15.3. The molecule has 0 amide bonds. The van der Waals surface area contributed by atoms with Crippen LogP contribution in [0.2, 0.25) is 0 Å². The molecular formula is C21H30N6O4S. The number of ether oxygens (including phenoxy) is 1. The maximum absolute atomic E-state index is 12.7. The molecule has 1 aliphatic rings. The molecule has 0 radical (unpaired) electrons. The van der Waals surface area contributed by atoms with E-state index in [0.717, 1.165) is 0 Å². The molecule has 32 heavy (non-hydrogen) atoms. The predicted octanol–water partition coefficient (Wildman–Crippen LogP) is 2.22. The number of esters is 1. The second-order valence-electron chi connectivity index (χ2n) is 7.48. The largest absolute Gasteiger partial charge is 0.469 e. The Kier molecular flexibility index (Phi) is 7.52. The van der Waals surface area contributed by atoms with E-state index in [0.29, 0.717) is 62.0 Å². The third-order valence-electron chi connectivity index (χ3n) is 5.65. The number of carbonyl (C=O) groups is 1. The number of rotatable bonds is 8. The number of sulfonamides is 1. The van der Waals surface area contributed by atoms with Crippen molar-refractivity contribution >= 4 is 39.0 Å². The van der Waals surface area contributed by atoms with Gasteiger partial charge in [-0.25, -0.2) is 18.4 Å². The number of aromatic nitrogens is 2. The van der Waals surface area contributed by atoms with Crippen LogP contribution in [0.15, 0.2) is 35.5 Å². The van der Waals surface area contributed by atoms with Gasteiger partial charge < -0.3 is 20.7 Å². The summed E-state index contributed by atoms with van der Waals surface area (Å²) in [6, 6.07) is 6.48. The molecule has 0 bridgehead atoms. The smallest absolute Gasteiger partial charge is 0.308 e. The Balaban J connectivity index is 1.73. The second kappa shape index (κ2) is 10.1. The molecule has 11 heteroatoms. The van der Waals surface area contributed by atoms with E-state index in [4.69, 9.17) is 10.5 Å². The Morgan fingerprint density at radius 2 is 1.81 bits per heavy atom. The van der Waals surface area contributed by atoms with Crippen LogP contribution in [0.5, 0.6) is 0 Å². The van der Waals surface area contributed by atoms with Crippen LogP contribution in [0.3, 0.4) is 0 Å². The zero-order chi connectivity index (χ0) is 23.3. The molecule has 0 unspecified atom stereocenters. The number of hydrogen-bond donors (Lipinski definition) is 2. The highest BCUT2D eigenvalue weighted by Gasteiger charge is 2.27. The molecule has 0 saturated carbocycles. The van der Waals surface area contributed by atoms with Gasteiger partial charge in [-0.2, -0.15) is 4.31 Å². The van der Waals surface area contributed by atoms with Gasteiger partial charge in [0.2, 0.25) is 10.0 Å². The zero-order valence-corrected chi connectivity index (χ0v) is 19.4. The number of methoxy groups -OCH3 is 1. The lowest BCUT2D eigenvalue weighted by Crippen LogP contribution is -2.37. The van der Waals surface area contributed by atoms with Crippen molar-refractivity contribution in [2.75, 3.05) is 49.2 Å². The topological polar surface area (TPSA) is 131 Å². The van der Waals surface area contributed by atoms with Gasteiger partial charge in [-0.05, 0) is 37.1 Å².